The number of hydrogen-bond donors (Lipinski definition) is 2. The monoisotopic (exact) mass is 380 g/mol. The van der Waals surface area contributed by atoms with Crippen LogP contribution in [-0.4, -0.2) is 29.8 Å². The summed E-state index contributed by atoms with van der Waals surface area (Å²) in [7, 11) is 5.06. The van der Waals surface area contributed by atoms with Crippen molar-refractivity contribution in [3.63, 3.8) is 0 Å². The van der Waals surface area contributed by atoms with E-state index in [-0.39, 0.29) is 6.03 Å². The third kappa shape index (κ3) is 4.43. The number of carbonyl (C=O) groups excluding carboxylic acids is 1. The summed E-state index contributed by atoms with van der Waals surface area (Å²) >= 11 is 0. The molecule has 2 aromatic carbocycles. The molecule has 7 heteroatoms. The molecule has 3 aromatic rings. The third-order valence-corrected chi connectivity index (χ3v) is 4.41. The van der Waals surface area contributed by atoms with Gasteiger partial charge in [0.05, 0.1) is 14.2 Å². The molecule has 2 N–H and O–H groups in total. The van der Waals surface area contributed by atoms with Gasteiger partial charge in [-0.2, -0.15) is 0 Å². The van der Waals surface area contributed by atoms with Gasteiger partial charge in [-0.05, 0) is 36.8 Å². The van der Waals surface area contributed by atoms with Gasteiger partial charge in [-0.3, -0.25) is 0 Å². The van der Waals surface area contributed by atoms with Gasteiger partial charge in [0.25, 0.3) is 0 Å². The Labute approximate surface area is 164 Å². The number of imidazole rings is 1. The van der Waals surface area contributed by atoms with Crippen LogP contribution in [0.2, 0.25) is 0 Å². The standard InChI is InChI=1S/C21H24N4O3/c1-14-5-7-16(8-6-14)23-21(26)24-19(20-22-9-10-25(20)2)15-11-17(27-3)13-18(12-15)28-4/h5-13,19H,1-4H3,(H2,23,24,26). The summed E-state index contributed by atoms with van der Waals surface area (Å²) in [6.45, 7) is 2.00. The number of hydrogen-bond acceptors (Lipinski definition) is 4. The second-order valence-electron chi connectivity index (χ2n) is 6.44. The Morgan fingerprint density at radius 3 is 2.25 bits per heavy atom. The molecule has 0 fully saturated rings. The van der Waals surface area contributed by atoms with E-state index >= 15 is 0 Å². The molecule has 0 saturated carbocycles. The molecule has 1 aromatic heterocycles. The predicted molar refractivity (Wildman–Crippen MR) is 108 cm³/mol. The van der Waals surface area contributed by atoms with E-state index in [1.807, 2.05) is 61.1 Å². The Bertz CT molecular complexity index is 928. The Balaban J connectivity index is 1.91. The first-order valence-corrected chi connectivity index (χ1v) is 8.84. The van der Waals surface area contributed by atoms with Crippen LogP contribution in [0.3, 0.4) is 0 Å². The van der Waals surface area contributed by atoms with E-state index in [4.69, 9.17) is 9.47 Å². The van der Waals surface area contributed by atoms with Crippen LogP contribution in [-0.2, 0) is 7.05 Å². The van der Waals surface area contributed by atoms with Gasteiger partial charge in [0.2, 0.25) is 0 Å². The zero-order chi connectivity index (χ0) is 20.1. The molecule has 7 nitrogen and oxygen atoms in total. The molecule has 0 bridgehead atoms. The maximum absolute atomic E-state index is 12.7. The Hall–Kier alpha value is -3.48. The first-order chi connectivity index (χ1) is 13.5. The minimum atomic E-state index is -0.491. The maximum atomic E-state index is 12.7. The Morgan fingerprint density at radius 2 is 1.71 bits per heavy atom. The highest BCUT2D eigenvalue weighted by atomic mass is 16.5. The molecule has 3 rings (SSSR count). The van der Waals surface area contributed by atoms with Crippen molar-refractivity contribution in [2.45, 2.75) is 13.0 Å². The van der Waals surface area contributed by atoms with Gasteiger partial charge in [-0.15, -0.1) is 0 Å². The fourth-order valence-electron chi connectivity index (χ4n) is 2.88. The van der Waals surface area contributed by atoms with E-state index in [1.165, 1.54) is 0 Å². The van der Waals surface area contributed by atoms with Gasteiger partial charge < -0.3 is 24.7 Å². The van der Waals surface area contributed by atoms with Crippen molar-refractivity contribution in [3.05, 3.63) is 71.8 Å². The van der Waals surface area contributed by atoms with E-state index in [9.17, 15) is 4.79 Å². The number of nitrogens with zero attached hydrogens (tertiary/aromatic N) is 2. The lowest BCUT2D eigenvalue weighted by Gasteiger charge is -2.21. The van der Waals surface area contributed by atoms with Crippen LogP contribution in [0.25, 0.3) is 0 Å². The van der Waals surface area contributed by atoms with Crippen LogP contribution in [0.15, 0.2) is 54.9 Å². The third-order valence-electron chi connectivity index (χ3n) is 4.41. The number of ether oxygens (including phenoxy) is 2. The summed E-state index contributed by atoms with van der Waals surface area (Å²) in [6.07, 6.45) is 3.53. The fraction of sp³-hybridized carbons (Fsp3) is 0.238. The molecule has 2 amide bonds. The van der Waals surface area contributed by atoms with E-state index in [0.29, 0.717) is 23.0 Å². The molecule has 28 heavy (non-hydrogen) atoms. The second kappa shape index (κ2) is 8.47. The first kappa shape index (κ1) is 19.3. The van der Waals surface area contributed by atoms with Gasteiger partial charge in [-0.25, -0.2) is 9.78 Å². The van der Waals surface area contributed by atoms with Gasteiger partial charge >= 0.3 is 6.03 Å². The molecule has 0 spiro atoms. The molecule has 1 atom stereocenters. The van der Waals surface area contributed by atoms with Crippen molar-refractivity contribution in [2.24, 2.45) is 7.05 Å². The number of aromatic nitrogens is 2. The van der Waals surface area contributed by atoms with Crippen LogP contribution in [0, 0.1) is 6.92 Å². The quantitative estimate of drug-likeness (QED) is 0.684. The predicted octanol–water partition coefficient (Wildman–Crippen LogP) is 3.66. The number of urea groups is 1. The molecule has 1 unspecified atom stereocenters. The molecule has 0 saturated heterocycles. The van der Waals surface area contributed by atoms with Crippen molar-refractivity contribution >= 4 is 11.7 Å². The van der Waals surface area contributed by atoms with Gasteiger partial charge in [-0.1, -0.05) is 17.7 Å². The van der Waals surface area contributed by atoms with Gasteiger partial charge in [0.1, 0.15) is 23.4 Å². The van der Waals surface area contributed by atoms with Gasteiger partial charge in [0, 0.05) is 31.2 Å². The minimum absolute atomic E-state index is 0.335. The molecule has 0 radical (unpaired) electrons. The van der Waals surface area contributed by atoms with Crippen molar-refractivity contribution in [2.75, 3.05) is 19.5 Å². The van der Waals surface area contributed by atoms with Crippen LogP contribution >= 0.6 is 0 Å². The number of anilines is 1. The smallest absolute Gasteiger partial charge is 0.320 e. The molecule has 0 aliphatic rings. The summed E-state index contributed by atoms with van der Waals surface area (Å²) in [6, 6.07) is 12.3. The number of nitrogens with one attached hydrogen (secondary N) is 2. The van der Waals surface area contributed by atoms with E-state index in [1.54, 1.807) is 26.5 Å². The number of methoxy groups -OCH3 is 2. The molecule has 1 heterocycles. The summed E-state index contributed by atoms with van der Waals surface area (Å²) < 4.78 is 12.6. The van der Waals surface area contributed by atoms with E-state index in [2.05, 4.69) is 15.6 Å². The minimum Gasteiger partial charge on any atom is -0.497 e. The molecule has 146 valence electrons. The molecular weight excluding hydrogens is 356 g/mol. The number of benzene rings is 2. The topological polar surface area (TPSA) is 77.4 Å². The summed E-state index contributed by atoms with van der Waals surface area (Å²) in [5.74, 6) is 1.96. The summed E-state index contributed by atoms with van der Waals surface area (Å²) in [5.41, 5.74) is 2.63. The lowest BCUT2D eigenvalue weighted by atomic mass is 10.1. The van der Waals surface area contributed by atoms with Gasteiger partial charge in [0.15, 0.2) is 0 Å². The Kier molecular flexibility index (Phi) is 5.84. The zero-order valence-corrected chi connectivity index (χ0v) is 16.4. The lowest BCUT2D eigenvalue weighted by Crippen LogP contribution is -2.34. The molecule has 0 aliphatic heterocycles. The number of aryl methyl sites for hydroxylation is 2. The average molecular weight is 380 g/mol. The highest BCUT2D eigenvalue weighted by Gasteiger charge is 2.22. The van der Waals surface area contributed by atoms with Crippen LogP contribution in [0.5, 0.6) is 11.5 Å². The SMILES string of the molecule is COc1cc(OC)cc(C(NC(=O)Nc2ccc(C)cc2)c2nccn2C)c1. The van der Waals surface area contributed by atoms with E-state index < -0.39 is 6.04 Å². The van der Waals surface area contributed by atoms with Crippen LogP contribution < -0.4 is 20.1 Å². The van der Waals surface area contributed by atoms with E-state index in [0.717, 1.165) is 11.1 Å². The number of carbonyl (C=O) groups is 1. The normalized spacial score (nSPS) is 11.6. The van der Waals surface area contributed by atoms with Crippen molar-refractivity contribution in [3.8, 4) is 11.5 Å². The Morgan fingerprint density at radius 1 is 1.07 bits per heavy atom. The largest absolute Gasteiger partial charge is 0.497 e. The van der Waals surface area contributed by atoms with Crippen molar-refractivity contribution in [1.82, 2.24) is 14.9 Å². The lowest BCUT2D eigenvalue weighted by molar-refractivity contribution is 0.249. The highest BCUT2D eigenvalue weighted by Crippen LogP contribution is 2.29. The fourth-order valence-corrected chi connectivity index (χ4v) is 2.88. The first-order valence-electron chi connectivity index (χ1n) is 8.84. The maximum Gasteiger partial charge on any atom is 0.320 e. The molecular formula is C21H24N4O3. The second-order valence-corrected chi connectivity index (χ2v) is 6.44. The molecule has 0 aliphatic carbocycles. The zero-order valence-electron chi connectivity index (χ0n) is 16.4. The summed E-state index contributed by atoms with van der Waals surface area (Å²) in [4.78, 5) is 17.1. The highest BCUT2D eigenvalue weighted by molar-refractivity contribution is 5.89. The van der Waals surface area contributed by atoms with Crippen LogP contribution in [0.1, 0.15) is 23.0 Å². The average Bonchev–Trinajstić information content (AvgIpc) is 3.13. The summed E-state index contributed by atoms with van der Waals surface area (Å²) in [5, 5.41) is 5.86. The number of amides is 2. The van der Waals surface area contributed by atoms with Crippen LogP contribution in [0.4, 0.5) is 10.5 Å². The number of rotatable bonds is 6. The van der Waals surface area contributed by atoms with Crippen molar-refractivity contribution < 1.29 is 14.3 Å². The van der Waals surface area contributed by atoms with Crippen molar-refractivity contribution in [1.29, 1.82) is 0 Å².